The number of hydrogen-bond acceptors (Lipinski definition) is 9. The van der Waals surface area contributed by atoms with Crippen molar-refractivity contribution in [3.05, 3.63) is 84.4 Å². The van der Waals surface area contributed by atoms with Crippen LogP contribution in [0.15, 0.2) is 73.3 Å². The third kappa shape index (κ3) is 7.48. The number of carbonyl (C=O) groups excluding carboxylic acids is 3. The molecule has 0 aliphatic carbocycles. The van der Waals surface area contributed by atoms with Crippen molar-refractivity contribution in [2.45, 2.75) is 64.2 Å². The molecule has 0 N–H and O–H groups in total. The van der Waals surface area contributed by atoms with Gasteiger partial charge in [0.25, 0.3) is 0 Å². The summed E-state index contributed by atoms with van der Waals surface area (Å²) >= 11 is 0. The molecule has 1 fully saturated rings. The molecule has 2 aromatic rings. The number of carbonyl (C=O) groups is 3. The first-order chi connectivity index (χ1) is 17.7. The molecule has 5 atom stereocenters. The summed E-state index contributed by atoms with van der Waals surface area (Å²) in [5.41, 5.74) is 0.159. The molecule has 1 saturated heterocycles. The Morgan fingerprint density at radius 1 is 0.892 bits per heavy atom. The Morgan fingerprint density at radius 3 is 1.97 bits per heavy atom. The lowest BCUT2D eigenvalue weighted by Crippen LogP contribution is -2.57. The number of benzene rings is 2. The Labute approximate surface area is 216 Å². The highest BCUT2D eigenvalue weighted by molar-refractivity contribution is 5.68. The first-order valence-electron chi connectivity index (χ1n) is 11.8. The zero-order valence-electron chi connectivity index (χ0n) is 21.2. The van der Waals surface area contributed by atoms with Gasteiger partial charge in [0, 0.05) is 20.8 Å². The Morgan fingerprint density at radius 2 is 1.46 bits per heavy atom. The highest BCUT2D eigenvalue weighted by Gasteiger charge is 2.63. The number of hydrogen-bond donors (Lipinski definition) is 0. The van der Waals surface area contributed by atoms with E-state index in [9.17, 15) is 14.4 Å². The highest BCUT2D eigenvalue weighted by Crippen LogP contribution is 2.41. The molecular weight excluding hydrogens is 480 g/mol. The van der Waals surface area contributed by atoms with E-state index in [4.69, 9.17) is 28.4 Å². The number of esters is 3. The molecule has 0 aromatic heterocycles. The molecule has 1 unspecified atom stereocenters. The van der Waals surface area contributed by atoms with Crippen molar-refractivity contribution >= 4 is 17.9 Å². The van der Waals surface area contributed by atoms with Gasteiger partial charge >= 0.3 is 17.9 Å². The topological polar surface area (TPSA) is 107 Å². The minimum absolute atomic E-state index is 0.101. The molecule has 0 radical (unpaired) electrons. The van der Waals surface area contributed by atoms with Crippen LogP contribution >= 0.6 is 0 Å². The van der Waals surface area contributed by atoms with Crippen LogP contribution in [0, 0.1) is 0 Å². The summed E-state index contributed by atoms with van der Waals surface area (Å²) in [4.78, 5) is 36.0. The molecule has 198 valence electrons. The van der Waals surface area contributed by atoms with Gasteiger partial charge in [-0.3, -0.25) is 14.4 Å². The molecule has 37 heavy (non-hydrogen) atoms. The Hall–Kier alpha value is -3.53. The molecule has 1 aliphatic heterocycles. The number of ether oxygens (including phenoxy) is 6. The van der Waals surface area contributed by atoms with Crippen LogP contribution in [0.5, 0.6) is 0 Å². The molecule has 0 spiro atoms. The lowest BCUT2D eigenvalue weighted by molar-refractivity contribution is -0.232. The van der Waals surface area contributed by atoms with Crippen LogP contribution in [0.1, 0.15) is 31.9 Å². The van der Waals surface area contributed by atoms with E-state index < -0.39 is 48.1 Å². The summed E-state index contributed by atoms with van der Waals surface area (Å²) in [6.07, 6.45) is -3.31. The third-order valence-corrected chi connectivity index (χ3v) is 5.67. The van der Waals surface area contributed by atoms with Gasteiger partial charge in [0.15, 0.2) is 17.8 Å². The van der Waals surface area contributed by atoms with Gasteiger partial charge in [-0.15, -0.1) is 0 Å². The van der Waals surface area contributed by atoms with E-state index >= 15 is 0 Å². The summed E-state index contributed by atoms with van der Waals surface area (Å²) in [6, 6.07) is 18.8. The van der Waals surface area contributed by atoms with Crippen LogP contribution < -0.4 is 0 Å². The van der Waals surface area contributed by atoms with Crippen LogP contribution in [-0.4, -0.2) is 54.7 Å². The fourth-order valence-electron chi connectivity index (χ4n) is 4.19. The quantitative estimate of drug-likeness (QED) is 0.240. The molecule has 0 saturated carbocycles. The van der Waals surface area contributed by atoms with Crippen molar-refractivity contribution in [1.29, 1.82) is 0 Å². The lowest BCUT2D eigenvalue weighted by atomic mass is 9.89. The summed E-state index contributed by atoms with van der Waals surface area (Å²) in [6.45, 7) is 7.63. The molecule has 1 aliphatic rings. The van der Waals surface area contributed by atoms with Crippen molar-refractivity contribution in [3.8, 4) is 0 Å². The molecule has 2 aromatic carbocycles. The SMILES string of the molecule is C=C[C@H](OC(C)=O)[C@@]1(COCc2ccccc2)OC(OC(C)=O)[C@H](OC(C)=O)[C@@H]1OCc1ccccc1. The maximum Gasteiger partial charge on any atom is 0.305 e. The smallest absolute Gasteiger partial charge is 0.305 e. The summed E-state index contributed by atoms with van der Waals surface area (Å²) in [7, 11) is 0. The first-order valence-corrected chi connectivity index (χ1v) is 11.8. The van der Waals surface area contributed by atoms with Crippen molar-refractivity contribution in [3.63, 3.8) is 0 Å². The van der Waals surface area contributed by atoms with Gasteiger partial charge in [-0.2, -0.15) is 0 Å². The fraction of sp³-hybridized carbons (Fsp3) is 0.393. The predicted octanol–water partition coefficient (Wildman–Crippen LogP) is 3.50. The van der Waals surface area contributed by atoms with Crippen LogP contribution in [0.25, 0.3) is 0 Å². The van der Waals surface area contributed by atoms with Crippen LogP contribution in [0.2, 0.25) is 0 Å². The van der Waals surface area contributed by atoms with Gasteiger partial charge in [-0.1, -0.05) is 67.2 Å². The van der Waals surface area contributed by atoms with Crippen LogP contribution in [-0.2, 0) is 56.0 Å². The van der Waals surface area contributed by atoms with Gasteiger partial charge in [0.1, 0.15) is 6.10 Å². The Kier molecular flexibility index (Phi) is 9.96. The zero-order valence-corrected chi connectivity index (χ0v) is 21.2. The molecule has 3 rings (SSSR count). The van der Waals surface area contributed by atoms with E-state index in [2.05, 4.69) is 6.58 Å². The van der Waals surface area contributed by atoms with Crippen molar-refractivity contribution in [1.82, 2.24) is 0 Å². The maximum absolute atomic E-state index is 12.1. The first kappa shape index (κ1) is 28.0. The van der Waals surface area contributed by atoms with E-state index in [0.29, 0.717) is 0 Å². The highest BCUT2D eigenvalue weighted by atomic mass is 16.8. The van der Waals surface area contributed by atoms with Gasteiger partial charge in [0.05, 0.1) is 19.8 Å². The molecule has 9 heteroatoms. The standard InChI is InChI=1S/C28H32O9/c1-5-24(34-19(2)29)28(18-32-16-22-12-8-6-9-13-22)26(33-17-23-14-10-7-11-15-23)25(35-20(3)30)27(37-28)36-21(4)31/h5-15,24-27H,1,16-18H2,2-4H3/t24-,25+,26-,27?,28+/m0/s1. The van der Waals surface area contributed by atoms with Gasteiger partial charge in [-0.25, -0.2) is 0 Å². The molecule has 0 bridgehead atoms. The van der Waals surface area contributed by atoms with Gasteiger partial charge in [0.2, 0.25) is 6.29 Å². The van der Waals surface area contributed by atoms with Gasteiger partial charge < -0.3 is 28.4 Å². The second kappa shape index (κ2) is 13.1. The fourth-order valence-corrected chi connectivity index (χ4v) is 4.19. The van der Waals surface area contributed by atoms with Gasteiger partial charge in [-0.05, 0) is 17.2 Å². The molecular formula is C28H32O9. The predicted molar refractivity (Wildman–Crippen MR) is 132 cm³/mol. The zero-order chi connectivity index (χ0) is 26.8. The van der Waals surface area contributed by atoms with E-state index in [1.165, 1.54) is 26.8 Å². The average molecular weight is 513 g/mol. The van der Waals surface area contributed by atoms with Crippen molar-refractivity contribution in [2.24, 2.45) is 0 Å². The Bertz CT molecular complexity index is 1060. The monoisotopic (exact) mass is 512 g/mol. The summed E-state index contributed by atoms with van der Waals surface area (Å²) in [5.74, 6) is -1.90. The lowest BCUT2D eigenvalue weighted by Gasteiger charge is -2.38. The average Bonchev–Trinajstić information content (AvgIpc) is 3.13. The van der Waals surface area contributed by atoms with E-state index in [0.717, 1.165) is 11.1 Å². The normalized spacial score (nSPS) is 23.6. The third-order valence-electron chi connectivity index (χ3n) is 5.67. The summed E-state index contributed by atoms with van der Waals surface area (Å²) in [5, 5.41) is 0. The largest absolute Gasteiger partial charge is 0.455 e. The maximum atomic E-state index is 12.1. The minimum Gasteiger partial charge on any atom is -0.455 e. The van der Waals surface area contributed by atoms with Crippen molar-refractivity contribution in [2.75, 3.05) is 6.61 Å². The molecule has 1 heterocycles. The number of rotatable bonds is 12. The second-order valence-corrected chi connectivity index (χ2v) is 8.59. The van der Waals surface area contributed by atoms with Crippen LogP contribution in [0.3, 0.4) is 0 Å². The Balaban J connectivity index is 2.02. The molecule has 9 nitrogen and oxygen atoms in total. The minimum atomic E-state index is -1.57. The van der Waals surface area contributed by atoms with Crippen LogP contribution in [0.4, 0.5) is 0 Å². The van der Waals surface area contributed by atoms with E-state index in [-0.39, 0.29) is 19.8 Å². The van der Waals surface area contributed by atoms with E-state index in [1.807, 2.05) is 60.7 Å². The summed E-state index contributed by atoms with van der Waals surface area (Å²) < 4.78 is 35.0. The molecule has 0 amide bonds. The van der Waals surface area contributed by atoms with Crippen molar-refractivity contribution < 1.29 is 42.8 Å². The second-order valence-electron chi connectivity index (χ2n) is 8.59. The van der Waals surface area contributed by atoms with E-state index in [1.54, 1.807) is 0 Å².